The minimum absolute atomic E-state index is 0.112. The summed E-state index contributed by atoms with van der Waals surface area (Å²) in [6, 6.07) is 1.47. The van der Waals surface area contributed by atoms with Gasteiger partial charge >= 0.3 is 12.1 Å². The van der Waals surface area contributed by atoms with Crippen LogP contribution in [-0.4, -0.2) is 47.3 Å². The minimum Gasteiger partial charge on any atom is -0.465 e. The summed E-state index contributed by atoms with van der Waals surface area (Å²) in [6.07, 6.45) is 1.76. The molecule has 0 bridgehead atoms. The average Bonchev–Trinajstić information content (AvgIpc) is 2.59. The Morgan fingerprint density at radius 1 is 1.47 bits per heavy atom. The molecule has 0 aliphatic carbocycles. The van der Waals surface area contributed by atoms with Crippen molar-refractivity contribution in [2.24, 2.45) is 0 Å². The molecule has 0 atom stereocenters. The largest absolute Gasteiger partial charge is 0.465 e. The van der Waals surface area contributed by atoms with E-state index in [1.54, 1.807) is 22.9 Å². The second-order valence-corrected chi connectivity index (χ2v) is 3.72. The number of anilines is 2. The van der Waals surface area contributed by atoms with Gasteiger partial charge in [0.25, 0.3) is 0 Å². The molecule has 0 aromatic carbocycles. The molecule has 7 nitrogen and oxygen atoms in total. The SMILES string of the molecule is CN1CCN(c2cncc(NC(=O)O)c2)C1=O. The van der Waals surface area contributed by atoms with Gasteiger partial charge in [0.2, 0.25) is 0 Å². The predicted octanol–water partition coefficient (Wildman–Crippen LogP) is 1.04. The third-order valence-corrected chi connectivity index (χ3v) is 2.50. The van der Waals surface area contributed by atoms with Crippen LogP contribution in [0.3, 0.4) is 0 Å². The van der Waals surface area contributed by atoms with E-state index in [4.69, 9.17) is 5.11 Å². The molecule has 2 rings (SSSR count). The molecular weight excluding hydrogens is 224 g/mol. The van der Waals surface area contributed by atoms with Crippen molar-refractivity contribution in [3.05, 3.63) is 18.5 Å². The van der Waals surface area contributed by atoms with E-state index in [-0.39, 0.29) is 6.03 Å². The first-order valence-electron chi connectivity index (χ1n) is 5.05. The zero-order valence-corrected chi connectivity index (χ0v) is 9.25. The van der Waals surface area contributed by atoms with Gasteiger partial charge in [0, 0.05) is 20.1 Å². The number of hydrogen-bond donors (Lipinski definition) is 2. The minimum atomic E-state index is -1.16. The average molecular weight is 236 g/mol. The molecule has 0 spiro atoms. The van der Waals surface area contributed by atoms with Gasteiger partial charge in [-0.3, -0.25) is 15.2 Å². The number of carbonyl (C=O) groups is 2. The quantitative estimate of drug-likeness (QED) is 0.803. The molecule has 1 aliphatic rings. The molecule has 1 saturated heterocycles. The number of rotatable bonds is 2. The molecule has 2 heterocycles. The van der Waals surface area contributed by atoms with Crippen LogP contribution in [0.4, 0.5) is 21.0 Å². The number of carboxylic acid groups (broad SMARTS) is 1. The van der Waals surface area contributed by atoms with Crippen LogP contribution in [0, 0.1) is 0 Å². The fourth-order valence-electron chi connectivity index (χ4n) is 1.65. The van der Waals surface area contributed by atoms with Crippen molar-refractivity contribution in [1.82, 2.24) is 9.88 Å². The Balaban J connectivity index is 2.21. The highest BCUT2D eigenvalue weighted by Gasteiger charge is 2.26. The molecule has 1 fully saturated rings. The molecule has 0 radical (unpaired) electrons. The summed E-state index contributed by atoms with van der Waals surface area (Å²) in [6.45, 7) is 1.23. The van der Waals surface area contributed by atoms with Crippen molar-refractivity contribution in [2.75, 3.05) is 30.4 Å². The zero-order chi connectivity index (χ0) is 12.4. The first-order valence-corrected chi connectivity index (χ1v) is 5.05. The van der Waals surface area contributed by atoms with Gasteiger partial charge in [-0.25, -0.2) is 9.59 Å². The van der Waals surface area contributed by atoms with Crippen molar-refractivity contribution < 1.29 is 14.7 Å². The van der Waals surface area contributed by atoms with E-state index in [0.29, 0.717) is 24.5 Å². The van der Waals surface area contributed by atoms with Gasteiger partial charge < -0.3 is 10.0 Å². The summed E-state index contributed by atoms with van der Waals surface area (Å²) in [4.78, 5) is 29.3. The molecule has 1 aliphatic heterocycles. The van der Waals surface area contributed by atoms with E-state index in [9.17, 15) is 9.59 Å². The number of aromatic nitrogens is 1. The summed E-state index contributed by atoms with van der Waals surface area (Å²) in [5.41, 5.74) is 0.933. The fourth-order valence-corrected chi connectivity index (χ4v) is 1.65. The predicted molar refractivity (Wildman–Crippen MR) is 61.3 cm³/mol. The molecule has 1 aromatic heterocycles. The normalized spacial score (nSPS) is 15.2. The van der Waals surface area contributed by atoms with E-state index < -0.39 is 6.09 Å². The zero-order valence-electron chi connectivity index (χ0n) is 9.25. The maximum Gasteiger partial charge on any atom is 0.409 e. The lowest BCUT2D eigenvalue weighted by Crippen LogP contribution is -2.29. The van der Waals surface area contributed by atoms with Crippen LogP contribution in [0.2, 0.25) is 0 Å². The van der Waals surface area contributed by atoms with Gasteiger partial charge in [-0.1, -0.05) is 0 Å². The molecule has 0 unspecified atom stereocenters. The maximum atomic E-state index is 11.7. The van der Waals surface area contributed by atoms with Crippen LogP contribution in [0.5, 0.6) is 0 Å². The second-order valence-electron chi connectivity index (χ2n) is 3.72. The van der Waals surface area contributed by atoms with E-state index in [2.05, 4.69) is 10.3 Å². The summed E-state index contributed by atoms with van der Waals surface area (Å²) in [5.74, 6) is 0. The van der Waals surface area contributed by atoms with Crippen LogP contribution in [0.1, 0.15) is 0 Å². The van der Waals surface area contributed by atoms with Crippen LogP contribution in [0.15, 0.2) is 18.5 Å². The Morgan fingerprint density at radius 2 is 2.24 bits per heavy atom. The van der Waals surface area contributed by atoms with Crippen LogP contribution in [-0.2, 0) is 0 Å². The Morgan fingerprint density at radius 3 is 2.82 bits per heavy atom. The van der Waals surface area contributed by atoms with Gasteiger partial charge in [0.05, 0.1) is 23.8 Å². The molecule has 1 aromatic rings. The molecule has 90 valence electrons. The Bertz CT molecular complexity index is 463. The van der Waals surface area contributed by atoms with Crippen molar-refractivity contribution in [3.63, 3.8) is 0 Å². The number of likely N-dealkylation sites (N-methyl/N-ethyl adjacent to an activating group) is 1. The lowest BCUT2D eigenvalue weighted by molar-refractivity contribution is 0.209. The van der Waals surface area contributed by atoms with Gasteiger partial charge in [0.1, 0.15) is 0 Å². The van der Waals surface area contributed by atoms with Gasteiger partial charge in [-0.2, -0.15) is 0 Å². The van der Waals surface area contributed by atoms with E-state index in [1.165, 1.54) is 12.4 Å². The lowest BCUT2D eigenvalue weighted by atomic mass is 10.3. The van der Waals surface area contributed by atoms with Crippen molar-refractivity contribution in [3.8, 4) is 0 Å². The standard InChI is InChI=1S/C10H12N4O3/c1-13-2-3-14(10(13)17)8-4-7(5-11-6-8)12-9(15)16/h4-6,12H,2-3H2,1H3,(H,15,16). The lowest BCUT2D eigenvalue weighted by Gasteiger charge is -2.16. The number of urea groups is 1. The number of amides is 3. The Hall–Kier alpha value is -2.31. The second kappa shape index (κ2) is 4.28. The van der Waals surface area contributed by atoms with E-state index in [0.717, 1.165) is 0 Å². The molecule has 2 N–H and O–H groups in total. The topological polar surface area (TPSA) is 85.8 Å². The smallest absolute Gasteiger partial charge is 0.409 e. The van der Waals surface area contributed by atoms with Crippen molar-refractivity contribution in [2.45, 2.75) is 0 Å². The third-order valence-electron chi connectivity index (χ3n) is 2.50. The fraction of sp³-hybridized carbons (Fsp3) is 0.300. The number of pyridine rings is 1. The summed E-state index contributed by atoms with van der Waals surface area (Å²) in [7, 11) is 1.72. The van der Waals surface area contributed by atoms with Crippen LogP contribution in [0.25, 0.3) is 0 Å². The molecule has 7 heteroatoms. The molecule has 0 saturated carbocycles. The molecule has 3 amide bonds. The summed E-state index contributed by atoms with van der Waals surface area (Å²) >= 11 is 0. The van der Waals surface area contributed by atoms with E-state index >= 15 is 0 Å². The van der Waals surface area contributed by atoms with Gasteiger partial charge in [-0.15, -0.1) is 0 Å². The van der Waals surface area contributed by atoms with Crippen molar-refractivity contribution >= 4 is 23.5 Å². The Labute approximate surface area is 97.7 Å². The first kappa shape index (κ1) is 11.2. The van der Waals surface area contributed by atoms with Gasteiger partial charge in [-0.05, 0) is 6.07 Å². The highest BCUT2D eigenvalue weighted by atomic mass is 16.4. The summed E-state index contributed by atoms with van der Waals surface area (Å²) in [5, 5.41) is 10.8. The Kier molecular flexibility index (Phi) is 2.82. The van der Waals surface area contributed by atoms with Crippen LogP contribution < -0.4 is 10.2 Å². The monoisotopic (exact) mass is 236 g/mol. The first-order chi connectivity index (χ1) is 8.08. The number of hydrogen-bond acceptors (Lipinski definition) is 3. The van der Waals surface area contributed by atoms with Gasteiger partial charge in [0.15, 0.2) is 0 Å². The summed E-state index contributed by atoms with van der Waals surface area (Å²) < 4.78 is 0. The molecule has 17 heavy (non-hydrogen) atoms. The third kappa shape index (κ3) is 2.27. The number of carbonyl (C=O) groups excluding carboxylic acids is 1. The highest BCUT2D eigenvalue weighted by Crippen LogP contribution is 2.21. The van der Waals surface area contributed by atoms with E-state index in [1.807, 2.05) is 0 Å². The maximum absolute atomic E-state index is 11.7. The number of nitrogens with zero attached hydrogens (tertiary/aromatic N) is 3. The van der Waals surface area contributed by atoms with Crippen molar-refractivity contribution in [1.29, 1.82) is 0 Å². The number of nitrogens with one attached hydrogen (secondary N) is 1. The molecular formula is C10H12N4O3. The van der Waals surface area contributed by atoms with Crippen LogP contribution >= 0.6 is 0 Å². The highest BCUT2D eigenvalue weighted by molar-refractivity contribution is 5.94.